The predicted octanol–water partition coefficient (Wildman–Crippen LogP) is 3.85. The summed E-state index contributed by atoms with van der Waals surface area (Å²) >= 11 is 1.86. The third kappa shape index (κ3) is 2.78. The summed E-state index contributed by atoms with van der Waals surface area (Å²) in [5, 5.41) is 4.52. The van der Waals surface area contributed by atoms with Gasteiger partial charge in [0.15, 0.2) is 5.17 Å². The van der Waals surface area contributed by atoms with E-state index in [1.54, 1.807) is 0 Å². The van der Waals surface area contributed by atoms with Crippen molar-refractivity contribution in [3.05, 3.63) is 24.0 Å². The molecule has 102 valence electrons. The first kappa shape index (κ1) is 13.0. The minimum absolute atomic E-state index is 0.218. The molecule has 19 heavy (non-hydrogen) atoms. The fourth-order valence-electron chi connectivity index (χ4n) is 2.83. The van der Waals surface area contributed by atoms with Gasteiger partial charge in [-0.2, -0.15) is 0 Å². The van der Waals surface area contributed by atoms with Crippen LogP contribution < -0.4 is 5.32 Å². The van der Waals surface area contributed by atoms with Gasteiger partial charge in [-0.25, -0.2) is 0 Å². The van der Waals surface area contributed by atoms with E-state index in [1.807, 2.05) is 30.9 Å². The highest BCUT2D eigenvalue weighted by Crippen LogP contribution is 2.41. The lowest BCUT2D eigenvalue weighted by molar-refractivity contribution is 0.273. The number of aryl methyl sites for hydroxylation is 1. The molecule has 2 aliphatic rings. The molecule has 1 aliphatic heterocycles. The van der Waals surface area contributed by atoms with Crippen molar-refractivity contribution in [1.29, 1.82) is 0 Å². The average molecular weight is 275 g/mol. The van der Waals surface area contributed by atoms with Crippen LogP contribution in [0, 0.1) is 12.8 Å². The van der Waals surface area contributed by atoms with Gasteiger partial charge in [-0.15, -0.1) is 0 Å². The largest absolute Gasteiger partial charge is 0.333 e. The van der Waals surface area contributed by atoms with Crippen molar-refractivity contribution in [3.63, 3.8) is 0 Å². The fourth-order valence-corrected chi connectivity index (χ4v) is 4.03. The molecule has 2 heterocycles. The molecule has 1 aliphatic carbocycles. The highest BCUT2D eigenvalue weighted by Gasteiger charge is 2.38. The maximum absolute atomic E-state index is 4.99. The Bertz CT molecular complexity index is 490. The van der Waals surface area contributed by atoms with E-state index in [2.05, 4.69) is 23.3 Å². The van der Waals surface area contributed by atoms with Crippen molar-refractivity contribution in [2.75, 3.05) is 11.1 Å². The van der Waals surface area contributed by atoms with Crippen molar-refractivity contribution in [3.8, 4) is 0 Å². The number of amidine groups is 1. The normalized spacial score (nSPS) is 30.4. The van der Waals surface area contributed by atoms with Gasteiger partial charge in [-0.1, -0.05) is 18.7 Å². The summed E-state index contributed by atoms with van der Waals surface area (Å²) in [4.78, 5) is 9.30. The second kappa shape index (κ2) is 5.16. The second-order valence-electron chi connectivity index (χ2n) is 5.87. The molecule has 1 spiro atoms. The lowest BCUT2D eigenvalue weighted by atomic mass is 9.79. The van der Waals surface area contributed by atoms with E-state index in [1.165, 1.54) is 25.7 Å². The van der Waals surface area contributed by atoms with Gasteiger partial charge in [-0.05, 0) is 50.7 Å². The van der Waals surface area contributed by atoms with E-state index in [0.29, 0.717) is 0 Å². The van der Waals surface area contributed by atoms with E-state index in [9.17, 15) is 0 Å². The molecule has 0 amide bonds. The van der Waals surface area contributed by atoms with E-state index in [4.69, 9.17) is 4.99 Å². The smallest absolute Gasteiger partial charge is 0.161 e. The molecule has 0 saturated heterocycles. The number of aliphatic imine (C=N–C) groups is 1. The topological polar surface area (TPSA) is 37.3 Å². The van der Waals surface area contributed by atoms with Crippen molar-refractivity contribution in [1.82, 2.24) is 4.98 Å². The summed E-state index contributed by atoms with van der Waals surface area (Å²) in [5.41, 5.74) is 2.33. The van der Waals surface area contributed by atoms with Crippen LogP contribution in [0.5, 0.6) is 0 Å². The number of aromatic nitrogens is 1. The zero-order chi connectivity index (χ0) is 13.3. The van der Waals surface area contributed by atoms with E-state index >= 15 is 0 Å². The number of anilines is 1. The number of hydrogen-bond acceptors (Lipinski definition) is 4. The first-order valence-electron chi connectivity index (χ1n) is 7.08. The molecule has 1 fully saturated rings. The number of nitrogens with one attached hydrogen (secondary N) is 1. The van der Waals surface area contributed by atoms with Crippen molar-refractivity contribution in [2.45, 2.75) is 45.1 Å². The lowest BCUT2D eigenvalue weighted by Crippen LogP contribution is -2.32. The SMILES string of the molecule is Cc1ncccc1NC1=NC2(CCC(C)CC2)CS1. The van der Waals surface area contributed by atoms with Crippen molar-refractivity contribution < 1.29 is 0 Å². The van der Waals surface area contributed by atoms with Gasteiger partial charge in [0.25, 0.3) is 0 Å². The fraction of sp³-hybridized carbons (Fsp3) is 0.600. The summed E-state index contributed by atoms with van der Waals surface area (Å²) in [6.07, 6.45) is 6.97. The molecule has 3 nitrogen and oxygen atoms in total. The Labute approximate surface area is 119 Å². The minimum atomic E-state index is 0.218. The Balaban J connectivity index is 1.72. The summed E-state index contributed by atoms with van der Waals surface area (Å²) in [6, 6.07) is 4.03. The Morgan fingerprint density at radius 1 is 1.37 bits per heavy atom. The predicted molar refractivity (Wildman–Crippen MR) is 82.9 cm³/mol. The maximum atomic E-state index is 4.99. The van der Waals surface area contributed by atoms with Crippen LogP contribution >= 0.6 is 11.8 Å². The quantitative estimate of drug-likeness (QED) is 0.845. The molecule has 4 heteroatoms. The van der Waals surface area contributed by atoms with Gasteiger partial charge in [-0.3, -0.25) is 9.98 Å². The molecule has 0 aromatic carbocycles. The summed E-state index contributed by atoms with van der Waals surface area (Å²) in [7, 11) is 0. The lowest BCUT2D eigenvalue weighted by Gasteiger charge is -2.32. The molecule has 0 bridgehead atoms. The third-order valence-corrected chi connectivity index (χ3v) is 5.42. The number of rotatable bonds is 1. The second-order valence-corrected chi connectivity index (χ2v) is 6.84. The Morgan fingerprint density at radius 3 is 2.89 bits per heavy atom. The number of thioether (sulfide) groups is 1. The highest BCUT2D eigenvalue weighted by atomic mass is 32.2. The third-order valence-electron chi connectivity index (χ3n) is 4.27. The highest BCUT2D eigenvalue weighted by molar-refractivity contribution is 8.14. The van der Waals surface area contributed by atoms with Crippen LogP contribution in [-0.2, 0) is 0 Å². The summed E-state index contributed by atoms with van der Waals surface area (Å²) in [6.45, 7) is 4.39. The molecular formula is C15H21N3S. The van der Waals surface area contributed by atoms with Crippen LogP contribution in [0.15, 0.2) is 23.3 Å². The first-order valence-corrected chi connectivity index (χ1v) is 8.07. The molecule has 0 unspecified atom stereocenters. The molecule has 1 N–H and O–H groups in total. The summed E-state index contributed by atoms with van der Waals surface area (Å²) in [5.74, 6) is 2.02. The Hall–Kier alpha value is -1.03. The zero-order valence-electron chi connectivity index (χ0n) is 11.6. The maximum Gasteiger partial charge on any atom is 0.161 e. The van der Waals surface area contributed by atoms with Crippen molar-refractivity contribution >= 4 is 22.6 Å². The van der Waals surface area contributed by atoms with Gasteiger partial charge in [0.05, 0.1) is 16.9 Å². The van der Waals surface area contributed by atoms with E-state index in [-0.39, 0.29) is 5.54 Å². The standard InChI is InChI=1S/C15H21N3S/c1-11-5-7-15(8-6-11)10-19-14(18-15)17-13-4-3-9-16-12(13)2/h3-4,9,11H,5-8,10H2,1-2H3,(H,17,18). The van der Waals surface area contributed by atoms with E-state index < -0.39 is 0 Å². The van der Waals surface area contributed by atoms with Crippen molar-refractivity contribution in [2.24, 2.45) is 10.9 Å². The van der Waals surface area contributed by atoms with E-state index in [0.717, 1.165) is 28.2 Å². The van der Waals surface area contributed by atoms with Crippen LogP contribution in [-0.4, -0.2) is 21.4 Å². The number of nitrogens with zero attached hydrogens (tertiary/aromatic N) is 2. The molecule has 1 aromatic heterocycles. The van der Waals surface area contributed by atoms with Gasteiger partial charge >= 0.3 is 0 Å². The average Bonchev–Trinajstić information content (AvgIpc) is 2.80. The summed E-state index contributed by atoms with van der Waals surface area (Å²) < 4.78 is 0. The Morgan fingerprint density at radius 2 is 2.16 bits per heavy atom. The van der Waals surface area contributed by atoms with Crippen LogP contribution in [0.1, 0.15) is 38.3 Å². The number of pyridine rings is 1. The molecule has 1 saturated carbocycles. The molecule has 0 radical (unpaired) electrons. The molecule has 0 atom stereocenters. The van der Waals surface area contributed by atoms with Crippen LogP contribution in [0.25, 0.3) is 0 Å². The van der Waals surface area contributed by atoms with Crippen LogP contribution in [0.3, 0.4) is 0 Å². The first-order chi connectivity index (χ1) is 9.17. The van der Waals surface area contributed by atoms with Crippen LogP contribution in [0.4, 0.5) is 5.69 Å². The molecular weight excluding hydrogens is 254 g/mol. The minimum Gasteiger partial charge on any atom is -0.333 e. The van der Waals surface area contributed by atoms with Gasteiger partial charge < -0.3 is 5.32 Å². The van der Waals surface area contributed by atoms with Gasteiger partial charge in [0.1, 0.15) is 0 Å². The monoisotopic (exact) mass is 275 g/mol. The molecule has 3 rings (SSSR count). The van der Waals surface area contributed by atoms with Gasteiger partial charge in [0.2, 0.25) is 0 Å². The zero-order valence-corrected chi connectivity index (χ0v) is 12.5. The van der Waals surface area contributed by atoms with Crippen LogP contribution in [0.2, 0.25) is 0 Å². The Kier molecular flexibility index (Phi) is 3.52. The van der Waals surface area contributed by atoms with Gasteiger partial charge in [0, 0.05) is 11.9 Å². The molecule has 1 aromatic rings. The number of hydrogen-bond donors (Lipinski definition) is 1.